The summed E-state index contributed by atoms with van der Waals surface area (Å²) in [5, 5.41) is 0. The van der Waals surface area contributed by atoms with Gasteiger partial charge < -0.3 is 5.73 Å². The molecule has 1 aliphatic rings. The number of hydrogen-bond acceptors (Lipinski definition) is 1. The van der Waals surface area contributed by atoms with E-state index in [0.29, 0.717) is 0 Å². The van der Waals surface area contributed by atoms with E-state index in [1.807, 2.05) is 0 Å². The Hall–Kier alpha value is -1.34. The molecule has 14 heavy (non-hydrogen) atoms. The van der Waals surface area contributed by atoms with Crippen molar-refractivity contribution >= 4 is 5.57 Å². The van der Waals surface area contributed by atoms with Crippen LogP contribution >= 0.6 is 0 Å². The fourth-order valence-electron chi connectivity index (χ4n) is 1.96. The molecule has 1 nitrogen and oxygen atoms in total. The molecular formula is C13H15N. The van der Waals surface area contributed by atoms with E-state index in [4.69, 9.17) is 5.73 Å². The average molecular weight is 185 g/mol. The van der Waals surface area contributed by atoms with E-state index in [1.165, 1.54) is 16.7 Å². The third-order valence-corrected chi connectivity index (χ3v) is 2.72. The number of rotatable bonds is 2. The van der Waals surface area contributed by atoms with E-state index < -0.39 is 0 Å². The van der Waals surface area contributed by atoms with Gasteiger partial charge in [0.05, 0.1) is 0 Å². The molecule has 1 heteroatoms. The van der Waals surface area contributed by atoms with Crippen molar-refractivity contribution in [1.29, 1.82) is 0 Å². The van der Waals surface area contributed by atoms with Crippen LogP contribution < -0.4 is 5.73 Å². The van der Waals surface area contributed by atoms with Gasteiger partial charge in [0, 0.05) is 6.04 Å². The molecule has 72 valence electrons. The Morgan fingerprint density at radius 2 is 2.14 bits per heavy atom. The lowest BCUT2D eigenvalue weighted by molar-refractivity contribution is 0.940. The van der Waals surface area contributed by atoms with Crippen molar-refractivity contribution in [2.24, 2.45) is 5.73 Å². The molecule has 0 saturated carbocycles. The molecule has 0 saturated heterocycles. The predicted molar refractivity (Wildman–Crippen MR) is 60.9 cm³/mol. The molecule has 1 aromatic carbocycles. The van der Waals surface area contributed by atoms with Crippen LogP contribution in [0.2, 0.25) is 0 Å². The molecule has 0 amide bonds. The van der Waals surface area contributed by atoms with Crippen LogP contribution in [0.3, 0.4) is 0 Å². The quantitative estimate of drug-likeness (QED) is 0.704. The van der Waals surface area contributed by atoms with Gasteiger partial charge in [-0.05, 0) is 29.5 Å². The molecule has 1 atom stereocenters. The van der Waals surface area contributed by atoms with Crippen LogP contribution in [0.4, 0.5) is 0 Å². The maximum Gasteiger partial charge on any atom is 0.0481 e. The molecule has 2 rings (SSSR count). The van der Waals surface area contributed by atoms with Crippen LogP contribution in [0.5, 0.6) is 0 Å². The minimum Gasteiger partial charge on any atom is -0.321 e. The summed E-state index contributed by atoms with van der Waals surface area (Å²) in [6.07, 6.45) is 6.25. The predicted octanol–water partition coefficient (Wildman–Crippen LogP) is 2.53. The summed E-state index contributed by atoms with van der Waals surface area (Å²) in [4.78, 5) is 0. The van der Waals surface area contributed by atoms with Crippen molar-refractivity contribution < 1.29 is 0 Å². The second-order valence-electron chi connectivity index (χ2n) is 3.62. The van der Waals surface area contributed by atoms with Crippen LogP contribution in [-0.2, 0) is 6.42 Å². The van der Waals surface area contributed by atoms with Gasteiger partial charge in [-0.25, -0.2) is 0 Å². The molecule has 0 heterocycles. The number of allylic oxidation sites excluding steroid dienone is 1. The minimum absolute atomic E-state index is 0.0311. The molecule has 0 aliphatic heterocycles. The van der Waals surface area contributed by atoms with Crippen LogP contribution in [-0.4, -0.2) is 6.04 Å². The van der Waals surface area contributed by atoms with Gasteiger partial charge in [-0.1, -0.05) is 36.4 Å². The zero-order valence-electron chi connectivity index (χ0n) is 8.24. The minimum atomic E-state index is -0.0311. The lowest BCUT2D eigenvalue weighted by Gasteiger charge is -2.20. The summed E-state index contributed by atoms with van der Waals surface area (Å²) < 4.78 is 0. The Balaban J connectivity index is 2.45. The number of nitrogens with two attached hydrogens (primary N) is 1. The Kier molecular flexibility index (Phi) is 2.51. The van der Waals surface area contributed by atoms with Crippen molar-refractivity contribution in [1.82, 2.24) is 0 Å². The highest BCUT2D eigenvalue weighted by molar-refractivity contribution is 5.74. The van der Waals surface area contributed by atoms with E-state index in [9.17, 15) is 0 Å². The molecule has 1 aromatic rings. The first-order valence-electron chi connectivity index (χ1n) is 4.99. The SMILES string of the molecule is C=CC(N)C1=CCCc2ccccc21. The van der Waals surface area contributed by atoms with Gasteiger partial charge in [0.15, 0.2) is 0 Å². The zero-order chi connectivity index (χ0) is 9.97. The maximum atomic E-state index is 5.98. The van der Waals surface area contributed by atoms with Gasteiger partial charge in [-0.3, -0.25) is 0 Å². The summed E-state index contributed by atoms with van der Waals surface area (Å²) in [5.74, 6) is 0. The maximum absolute atomic E-state index is 5.98. The van der Waals surface area contributed by atoms with Crippen molar-refractivity contribution in [3.8, 4) is 0 Å². The number of hydrogen-bond donors (Lipinski definition) is 1. The summed E-state index contributed by atoms with van der Waals surface area (Å²) in [6.45, 7) is 3.74. The van der Waals surface area contributed by atoms with Gasteiger partial charge in [0.2, 0.25) is 0 Å². The normalized spacial score (nSPS) is 16.8. The van der Waals surface area contributed by atoms with Gasteiger partial charge in [-0.15, -0.1) is 6.58 Å². The largest absolute Gasteiger partial charge is 0.321 e. The topological polar surface area (TPSA) is 26.0 Å². The number of fused-ring (bicyclic) bond motifs is 1. The van der Waals surface area contributed by atoms with Crippen LogP contribution in [0.15, 0.2) is 43.0 Å². The lowest BCUT2D eigenvalue weighted by atomic mass is 9.87. The van der Waals surface area contributed by atoms with Crippen LogP contribution in [0.25, 0.3) is 5.57 Å². The highest BCUT2D eigenvalue weighted by Gasteiger charge is 2.14. The fraction of sp³-hybridized carbons (Fsp3) is 0.231. The first-order chi connectivity index (χ1) is 6.83. The molecule has 2 N–H and O–H groups in total. The first-order valence-corrected chi connectivity index (χ1v) is 4.99. The molecule has 0 aromatic heterocycles. The van der Waals surface area contributed by atoms with E-state index in [-0.39, 0.29) is 6.04 Å². The highest BCUT2D eigenvalue weighted by atomic mass is 14.6. The monoisotopic (exact) mass is 185 g/mol. The summed E-state index contributed by atoms with van der Waals surface area (Å²) in [6, 6.07) is 8.44. The smallest absolute Gasteiger partial charge is 0.0481 e. The average Bonchev–Trinajstić information content (AvgIpc) is 2.27. The Morgan fingerprint density at radius 1 is 1.36 bits per heavy atom. The van der Waals surface area contributed by atoms with Gasteiger partial charge >= 0.3 is 0 Å². The van der Waals surface area contributed by atoms with Crippen molar-refractivity contribution in [2.75, 3.05) is 0 Å². The number of aryl methyl sites for hydroxylation is 1. The Labute approximate surface area is 84.9 Å². The van der Waals surface area contributed by atoms with Crippen LogP contribution in [0.1, 0.15) is 17.5 Å². The van der Waals surface area contributed by atoms with Crippen LogP contribution in [0, 0.1) is 0 Å². The number of benzene rings is 1. The van der Waals surface area contributed by atoms with Gasteiger partial charge in [-0.2, -0.15) is 0 Å². The molecule has 1 aliphatic carbocycles. The molecular weight excluding hydrogens is 170 g/mol. The summed E-state index contributed by atoms with van der Waals surface area (Å²) in [7, 11) is 0. The second kappa shape index (κ2) is 3.81. The molecule has 0 radical (unpaired) electrons. The molecule has 0 bridgehead atoms. The van der Waals surface area contributed by atoms with E-state index in [0.717, 1.165) is 12.8 Å². The van der Waals surface area contributed by atoms with E-state index in [1.54, 1.807) is 6.08 Å². The van der Waals surface area contributed by atoms with Crippen molar-refractivity contribution in [3.05, 3.63) is 54.1 Å². The van der Waals surface area contributed by atoms with Gasteiger partial charge in [0.25, 0.3) is 0 Å². The summed E-state index contributed by atoms with van der Waals surface area (Å²) in [5.41, 5.74) is 9.90. The fourth-order valence-corrected chi connectivity index (χ4v) is 1.96. The highest BCUT2D eigenvalue weighted by Crippen LogP contribution is 2.27. The van der Waals surface area contributed by atoms with Crippen molar-refractivity contribution in [2.45, 2.75) is 18.9 Å². The van der Waals surface area contributed by atoms with E-state index >= 15 is 0 Å². The summed E-state index contributed by atoms with van der Waals surface area (Å²) >= 11 is 0. The van der Waals surface area contributed by atoms with Crippen molar-refractivity contribution in [3.63, 3.8) is 0 Å². The van der Waals surface area contributed by atoms with E-state index in [2.05, 4.69) is 36.9 Å². The molecule has 0 fully saturated rings. The Bertz CT molecular complexity index is 377. The standard InChI is InChI=1S/C13H15N/c1-2-13(14)12-9-5-7-10-6-3-4-8-11(10)12/h2-4,6,8-9,13H,1,5,7,14H2. The first kappa shape index (κ1) is 9.22. The third kappa shape index (κ3) is 1.51. The Morgan fingerprint density at radius 3 is 2.93 bits per heavy atom. The second-order valence-corrected chi connectivity index (χ2v) is 3.62. The molecule has 0 spiro atoms. The third-order valence-electron chi connectivity index (χ3n) is 2.72. The lowest BCUT2D eigenvalue weighted by Crippen LogP contribution is -2.20. The van der Waals surface area contributed by atoms with Gasteiger partial charge in [0.1, 0.15) is 0 Å². The molecule has 1 unspecified atom stereocenters. The zero-order valence-corrected chi connectivity index (χ0v) is 8.24.